The average Bonchev–Trinajstić information content (AvgIpc) is 2.41. The highest BCUT2D eigenvalue weighted by Gasteiger charge is 2.49. The van der Waals surface area contributed by atoms with Crippen LogP contribution >= 0.6 is 0 Å². The Balaban J connectivity index is 3.03. The summed E-state index contributed by atoms with van der Waals surface area (Å²) in [4.78, 5) is 12.1. The molecule has 26 heavy (non-hydrogen) atoms. The third-order valence-electron chi connectivity index (χ3n) is 6.67. The standard InChI is InChI=1S/C19H40O5Si2/c1-18(2,3)25(7,8)23-12-13-15(11-14(20)17(22)16(13)21)24-26(9,10)19(4,5)6/h13,15-17,21-22H,11-12H2,1-10H3/t13-,15+,16-,17+/m1/s1. The zero-order valence-electron chi connectivity index (χ0n) is 18.3. The zero-order chi connectivity index (χ0) is 20.7. The lowest BCUT2D eigenvalue weighted by molar-refractivity contribution is -0.152. The molecule has 0 amide bonds. The van der Waals surface area contributed by atoms with Crippen molar-refractivity contribution in [3.63, 3.8) is 0 Å². The molecule has 4 atom stereocenters. The van der Waals surface area contributed by atoms with Crippen LogP contribution in [-0.4, -0.2) is 57.5 Å². The molecule has 2 N–H and O–H groups in total. The molecule has 0 aromatic heterocycles. The minimum absolute atomic E-state index is 0.00189. The van der Waals surface area contributed by atoms with Crippen LogP contribution in [-0.2, 0) is 13.6 Å². The Morgan fingerprint density at radius 3 is 1.85 bits per heavy atom. The van der Waals surface area contributed by atoms with E-state index in [1.165, 1.54) is 0 Å². The molecular formula is C19H40O5Si2. The summed E-state index contributed by atoms with van der Waals surface area (Å²) in [6.45, 7) is 21.8. The van der Waals surface area contributed by atoms with Gasteiger partial charge in [0.25, 0.3) is 0 Å². The maximum atomic E-state index is 12.1. The van der Waals surface area contributed by atoms with E-state index in [9.17, 15) is 15.0 Å². The van der Waals surface area contributed by atoms with Crippen LogP contribution in [0.3, 0.4) is 0 Å². The van der Waals surface area contributed by atoms with Crippen molar-refractivity contribution in [2.75, 3.05) is 6.61 Å². The molecule has 0 saturated heterocycles. The van der Waals surface area contributed by atoms with Crippen molar-refractivity contribution < 1.29 is 23.9 Å². The summed E-state index contributed by atoms with van der Waals surface area (Å²) in [5.41, 5.74) is 0. The predicted octanol–water partition coefficient (Wildman–Crippen LogP) is 3.71. The number of carbonyl (C=O) groups excluding carboxylic acids is 1. The van der Waals surface area contributed by atoms with Gasteiger partial charge in [-0.2, -0.15) is 0 Å². The summed E-state index contributed by atoms with van der Waals surface area (Å²) < 4.78 is 12.8. The largest absolute Gasteiger partial charge is 0.416 e. The number of rotatable bonds is 5. The van der Waals surface area contributed by atoms with E-state index in [2.05, 4.69) is 67.7 Å². The first kappa shape index (κ1) is 24.0. The maximum Gasteiger partial charge on any atom is 0.192 e. The molecule has 5 nitrogen and oxygen atoms in total. The molecule has 1 aliphatic carbocycles. The number of hydrogen-bond acceptors (Lipinski definition) is 5. The SMILES string of the molecule is CC(C)(C)[Si](C)(C)OC[C@H]1[C@@H](O)[C@@H](O)C(=O)C[C@@H]1O[Si](C)(C)C(C)(C)C. The van der Waals surface area contributed by atoms with E-state index in [0.29, 0.717) is 6.61 Å². The van der Waals surface area contributed by atoms with Crippen molar-refractivity contribution in [1.82, 2.24) is 0 Å². The summed E-state index contributed by atoms with van der Waals surface area (Å²) in [6.07, 6.45) is -2.76. The van der Waals surface area contributed by atoms with Gasteiger partial charge in [0.15, 0.2) is 22.4 Å². The molecule has 0 radical (unpaired) electrons. The topological polar surface area (TPSA) is 76.0 Å². The van der Waals surface area contributed by atoms with Gasteiger partial charge in [0.2, 0.25) is 0 Å². The first-order chi connectivity index (χ1) is 11.4. The van der Waals surface area contributed by atoms with E-state index < -0.39 is 40.9 Å². The number of hydrogen-bond donors (Lipinski definition) is 2. The number of aliphatic hydroxyl groups is 2. The zero-order valence-corrected chi connectivity index (χ0v) is 20.3. The number of ketones is 1. The molecule has 0 heterocycles. The van der Waals surface area contributed by atoms with Gasteiger partial charge in [0.05, 0.1) is 12.2 Å². The van der Waals surface area contributed by atoms with Crippen LogP contribution in [0.1, 0.15) is 48.0 Å². The third kappa shape index (κ3) is 5.26. The van der Waals surface area contributed by atoms with Gasteiger partial charge in [-0.15, -0.1) is 0 Å². The molecule has 0 spiro atoms. The van der Waals surface area contributed by atoms with E-state index >= 15 is 0 Å². The van der Waals surface area contributed by atoms with E-state index in [0.717, 1.165) is 0 Å². The van der Waals surface area contributed by atoms with Crippen molar-refractivity contribution in [3.8, 4) is 0 Å². The molecule has 0 aromatic rings. The summed E-state index contributed by atoms with van der Waals surface area (Å²) in [5.74, 6) is -0.740. The van der Waals surface area contributed by atoms with Crippen molar-refractivity contribution in [1.29, 1.82) is 0 Å². The normalized spacial score (nSPS) is 29.2. The lowest BCUT2D eigenvalue weighted by Gasteiger charge is -2.46. The lowest BCUT2D eigenvalue weighted by Crippen LogP contribution is -2.57. The second-order valence-electron chi connectivity index (χ2n) is 10.8. The molecule has 0 aromatic carbocycles. The monoisotopic (exact) mass is 404 g/mol. The highest BCUT2D eigenvalue weighted by atomic mass is 28.4. The third-order valence-corrected chi connectivity index (χ3v) is 15.7. The Morgan fingerprint density at radius 2 is 1.42 bits per heavy atom. The van der Waals surface area contributed by atoms with Gasteiger partial charge >= 0.3 is 0 Å². The number of aliphatic hydroxyl groups excluding tert-OH is 2. The van der Waals surface area contributed by atoms with Crippen LogP contribution < -0.4 is 0 Å². The van der Waals surface area contributed by atoms with Crippen molar-refractivity contribution in [2.45, 2.75) is 103 Å². The van der Waals surface area contributed by atoms with E-state index in [1.807, 2.05) is 0 Å². The molecular weight excluding hydrogens is 364 g/mol. The van der Waals surface area contributed by atoms with Gasteiger partial charge in [-0.1, -0.05) is 41.5 Å². The minimum Gasteiger partial charge on any atom is -0.416 e. The number of carbonyl (C=O) groups is 1. The van der Waals surface area contributed by atoms with E-state index in [-0.39, 0.29) is 22.3 Å². The highest BCUT2D eigenvalue weighted by Crippen LogP contribution is 2.41. The van der Waals surface area contributed by atoms with Gasteiger partial charge in [0.1, 0.15) is 6.10 Å². The fraction of sp³-hybridized carbons (Fsp3) is 0.947. The molecule has 1 saturated carbocycles. The van der Waals surface area contributed by atoms with Crippen molar-refractivity contribution in [3.05, 3.63) is 0 Å². The first-order valence-electron chi connectivity index (χ1n) is 9.61. The molecule has 1 rings (SSSR count). The van der Waals surface area contributed by atoms with Crippen molar-refractivity contribution in [2.24, 2.45) is 5.92 Å². The minimum atomic E-state index is -2.12. The van der Waals surface area contributed by atoms with Gasteiger partial charge < -0.3 is 19.1 Å². The Morgan fingerprint density at radius 1 is 0.962 bits per heavy atom. The molecule has 7 heteroatoms. The van der Waals surface area contributed by atoms with Crippen molar-refractivity contribution >= 4 is 22.4 Å². The van der Waals surface area contributed by atoms with Crippen LogP contribution in [0.15, 0.2) is 0 Å². The number of Topliss-reactive ketones (excluding diaryl/α,β-unsaturated/α-hetero) is 1. The van der Waals surface area contributed by atoms with Gasteiger partial charge in [-0.25, -0.2) is 0 Å². The first-order valence-corrected chi connectivity index (χ1v) is 15.4. The average molecular weight is 405 g/mol. The highest BCUT2D eigenvalue weighted by molar-refractivity contribution is 6.74. The lowest BCUT2D eigenvalue weighted by atomic mass is 9.82. The molecule has 1 fully saturated rings. The molecule has 154 valence electrons. The van der Waals surface area contributed by atoms with Crippen LogP contribution in [0.25, 0.3) is 0 Å². The Kier molecular flexibility index (Phi) is 7.15. The van der Waals surface area contributed by atoms with Gasteiger partial charge in [-0.3, -0.25) is 4.79 Å². The molecule has 0 aliphatic heterocycles. The summed E-state index contributed by atoms with van der Waals surface area (Å²) in [5, 5.41) is 20.7. The van der Waals surface area contributed by atoms with E-state index in [4.69, 9.17) is 8.85 Å². The van der Waals surface area contributed by atoms with Crippen LogP contribution in [0, 0.1) is 5.92 Å². The molecule has 0 bridgehead atoms. The Bertz CT molecular complexity index is 505. The molecule has 1 aliphatic rings. The Hall–Kier alpha value is -0.0562. The smallest absolute Gasteiger partial charge is 0.192 e. The fourth-order valence-electron chi connectivity index (χ4n) is 2.53. The van der Waals surface area contributed by atoms with Crippen LogP contribution in [0.2, 0.25) is 36.3 Å². The summed E-state index contributed by atoms with van der Waals surface area (Å²) in [6, 6.07) is 0. The quantitative estimate of drug-likeness (QED) is 0.683. The fourth-order valence-corrected chi connectivity index (χ4v) is 4.94. The van der Waals surface area contributed by atoms with Crippen LogP contribution in [0.4, 0.5) is 0 Å². The van der Waals surface area contributed by atoms with Gasteiger partial charge in [-0.05, 0) is 36.3 Å². The maximum absolute atomic E-state index is 12.1. The summed E-state index contributed by atoms with van der Waals surface area (Å²) in [7, 11) is -4.12. The van der Waals surface area contributed by atoms with E-state index in [1.54, 1.807) is 0 Å². The van der Waals surface area contributed by atoms with Gasteiger partial charge in [0, 0.05) is 18.9 Å². The van der Waals surface area contributed by atoms with Crippen LogP contribution in [0.5, 0.6) is 0 Å². The summed E-state index contributed by atoms with van der Waals surface area (Å²) >= 11 is 0. The molecule has 0 unspecified atom stereocenters. The predicted molar refractivity (Wildman–Crippen MR) is 110 cm³/mol. The second-order valence-corrected chi connectivity index (χ2v) is 20.3. The Labute approximate surface area is 161 Å². The second kappa shape index (κ2) is 7.75.